The van der Waals surface area contributed by atoms with Gasteiger partial charge in [0.1, 0.15) is 5.82 Å². The molecule has 3 rings (SSSR count). The van der Waals surface area contributed by atoms with Gasteiger partial charge in [0.05, 0.1) is 0 Å². The minimum absolute atomic E-state index is 0.499. The zero-order valence-corrected chi connectivity index (χ0v) is 14.1. The number of rotatable bonds is 5. The van der Waals surface area contributed by atoms with Gasteiger partial charge in [-0.1, -0.05) is 17.8 Å². The molecule has 1 fully saturated rings. The Kier molecular flexibility index (Phi) is 5.10. The molecule has 1 aliphatic heterocycles. The van der Waals surface area contributed by atoms with E-state index in [1.807, 2.05) is 13.0 Å². The van der Waals surface area contributed by atoms with Crippen molar-refractivity contribution in [3.05, 3.63) is 35.4 Å². The van der Waals surface area contributed by atoms with E-state index in [1.165, 1.54) is 12.8 Å². The second kappa shape index (κ2) is 7.24. The number of nitrogens with one attached hydrogen (secondary N) is 1. The van der Waals surface area contributed by atoms with Crippen molar-refractivity contribution in [3.63, 3.8) is 0 Å². The highest BCUT2D eigenvalue weighted by atomic mass is 32.2. The van der Waals surface area contributed by atoms with E-state index in [1.54, 1.807) is 11.8 Å². The molecular weight excluding hydrogens is 294 g/mol. The van der Waals surface area contributed by atoms with E-state index >= 15 is 0 Å². The Morgan fingerprint density at radius 2 is 2.27 bits per heavy atom. The maximum atomic E-state index is 4.54. The van der Waals surface area contributed by atoms with Crippen LogP contribution in [0.4, 0.5) is 0 Å². The molecule has 2 aromatic heterocycles. The second-order valence-corrected chi connectivity index (χ2v) is 6.87. The molecule has 22 heavy (non-hydrogen) atoms. The molecule has 0 aliphatic carbocycles. The molecule has 5 nitrogen and oxygen atoms in total. The standard InChI is InChI=1S/C16H23N5S/c1-12-5-3-7-14(18-12)8-10-22-16-20-19-15(21(16)2)13-6-4-9-17-11-13/h3,5,7,13,17H,4,6,8-11H2,1-2H3. The fraction of sp³-hybridized carbons (Fsp3) is 0.562. The summed E-state index contributed by atoms with van der Waals surface area (Å²) in [5.74, 6) is 2.59. The molecule has 2 aromatic rings. The third kappa shape index (κ3) is 3.67. The molecule has 0 radical (unpaired) electrons. The minimum atomic E-state index is 0.499. The van der Waals surface area contributed by atoms with Crippen molar-refractivity contribution in [3.8, 4) is 0 Å². The maximum Gasteiger partial charge on any atom is 0.190 e. The Balaban J connectivity index is 1.58. The summed E-state index contributed by atoms with van der Waals surface area (Å²) < 4.78 is 2.16. The molecule has 0 spiro atoms. The SMILES string of the molecule is Cc1cccc(CCSc2nnc(C3CCCNC3)n2C)n1. The zero-order chi connectivity index (χ0) is 15.4. The topological polar surface area (TPSA) is 55.6 Å². The summed E-state index contributed by atoms with van der Waals surface area (Å²) in [7, 11) is 2.08. The number of thioether (sulfide) groups is 1. The van der Waals surface area contributed by atoms with Crippen LogP contribution in [0, 0.1) is 6.92 Å². The summed E-state index contributed by atoms with van der Waals surface area (Å²) in [5, 5.41) is 13.2. The first-order chi connectivity index (χ1) is 10.7. The predicted molar refractivity (Wildman–Crippen MR) is 89.2 cm³/mol. The number of pyridine rings is 1. The summed E-state index contributed by atoms with van der Waals surface area (Å²) in [6.45, 7) is 4.17. The number of hydrogen-bond acceptors (Lipinski definition) is 5. The van der Waals surface area contributed by atoms with Crippen molar-refractivity contribution in [2.75, 3.05) is 18.8 Å². The van der Waals surface area contributed by atoms with Crippen LogP contribution in [-0.2, 0) is 13.5 Å². The number of aryl methyl sites for hydroxylation is 2. The third-order valence-electron chi connectivity index (χ3n) is 4.07. The second-order valence-electron chi connectivity index (χ2n) is 5.81. The van der Waals surface area contributed by atoms with Crippen LogP contribution in [0.2, 0.25) is 0 Å². The fourth-order valence-corrected chi connectivity index (χ4v) is 3.74. The molecular formula is C16H23N5S. The summed E-state index contributed by atoms with van der Waals surface area (Å²) in [6, 6.07) is 6.19. The third-order valence-corrected chi connectivity index (χ3v) is 5.09. The van der Waals surface area contributed by atoms with Crippen LogP contribution in [0.15, 0.2) is 23.4 Å². The molecule has 118 valence electrons. The van der Waals surface area contributed by atoms with Crippen molar-refractivity contribution in [1.29, 1.82) is 0 Å². The van der Waals surface area contributed by atoms with Gasteiger partial charge in [-0.3, -0.25) is 4.98 Å². The lowest BCUT2D eigenvalue weighted by Crippen LogP contribution is -2.29. The lowest BCUT2D eigenvalue weighted by atomic mass is 9.99. The molecule has 1 atom stereocenters. The van der Waals surface area contributed by atoms with E-state index in [-0.39, 0.29) is 0 Å². The van der Waals surface area contributed by atoms with Crippen molar-refractivity contribution in [1.82, 2.24) is 25.1 Å². The Morgan fingerprint density at radius 1 is 1.36 bits per heavy atom. The molecule has 6 heteroatoms. The van der Waals surface area contributed by atoms with Gasteiger partial charge in [-0.25, -0.2) is 0 Å². The van der Waals surface area contributed by atoms with Gasteiger partial charge in [-0.15, -0.1) is 10.2 Å². The monoisotopic (exact) mass is 317 g/mol. The van der Waals surface area contributed by atoms with Gasteiger partial charge in [-0.05, 0) is 44.9 Å². The summed E-state index contributed by atoms with van der Waals surface area (Å²) in [6.07, 6.45) is 3.38. The van der Waals surface area contributed by atoms with Crippen LogP contribution in [0.25, 0.3) is 0 Å². The van der Waals surface area contributed by atoms with Gasteiger partial charge in [0.2, 0.25) is 0 Å². The Hall–Kier alpha value is -1.40. The Morgan fingerprint density at radius 3 is 3.05 bits per heavy atom. The first kappa shape index (κ1) is 15.5. The highest BCUT2D eigenvalue weighted by Crippen LogP contribution is 2.25. The first-order valence-corrected chi connectivity index (χ1v) is 8.88. The number of piperidine rings is 1. The summed E-state index contributed by atoms with van der Waals surface area (Å²) in [4.78, 5) is 4.54. The number of aromatic nitrogens is 4. The largest absolute Gasteiger partial charge is 0.316 e. The van der Waals surface area contributed by atoms with E-state index in [4.69, 9.17) is 0 Å². The summed E-state index contributed by atoms with van der Waals surface area (Å²) >= 11 is 1.76. The molecule has 0 amide bonds. The maximum absolute atomic E-state index is 4.54. The van der Waals surface area contributed by atoms with Gasteiger partial charge >= 0.3 is 0 Å². The van der Waals surface area contributed by atoms with Gasteiger partial charge < -0.3 is 9.88 Å². The van der Waals surface area contributed by atoms with Crippen molar-refractivity contribution in [2.45, 2.75) is 37.3 Å². The van der Waals surface area contributed by atoms with Gasteiger partial charge in [-0.2, -0.15) is 0 Å². The average Bonchev–Trinajstić information content (AvgIpc) is 2.89. The fourth-order valence-electron chi connectivity index (χ4n) is 2.87. The Labute approximate surface area is 135 Å². The number of nitrogens with zero attached hydrogens (tertiary/aromatic N) is 4. The van der Waals surface area contributed by atoms with E-state index in [2.05, 4.69) is 44.2 Å². The van der Waals surface area contributed by atoms with Crippen LogP contribution in [0.3, 0.4) is 0 Å². The normalized spacial score (nSPS) is 18.5. The highest BCUT2D eigenvalue weighted by molar-refractivity contribution is 7.99. The van der Waals surface area contributed by atoms with Crippen LogP contribution in [-0.4, -0.2) is 38.6 Å². The molecule has 3 heterocycles. The lowest BCUT2D eigenvalue weighted by molar-refractivity contribution is 0.436. The van der Waals surface area contributed by atoms with Crippen LogP contribution < -0.4 is 5.32 Å². The highest BCUT2D eigenvalue weighted by Gasteiger charge is 2.21. The lowest BCUT2D eigenvalue weighted by Gasteiger charge is -2.21. The van der Waals surface area contributed by atoms with Crippen LogP contribution in [0.1, 0.15) is 36.0 Å². The molecule has 0 bridgehead atoms. The van der Waals surface area contributed by atoms with Gasteiger partial charge in [0.25, 0.3) is 0 Å². The summed E-state index contributed by atoms with van der Waals surface area (Å²) in [5.41, 5.74) is 2.22. The first-order valence-electron chi connectivity index (χ1n) is 7.89. The predicted octanol–water partition coefficient (Wildman–Crippen LogP) is 2.32. The van der Waals surface area contributed by atoms with Crippen molar-refractivity contribution < 1.29 is 0 Å². The van der Waals surface area contributed by atoms with E-state index < -0.39 is 0 Å². The van der Waals surface area contributed by atoms with Crippen LogP contribution >= 0.6 is 11.8 Å². The average molecular weight is 317 g/mol. The van der Waals surface area contributed by atoms with Gasteiger partial charge in [0, 0.05) is 36.7 Å². The number of hydrogen-bond donors (Lipinski definition) is 1. The van der Waals surface area contributed by atoms with Gasteiger partial charge in [0.15, 0.2) is 5.16 Å². The molecule has 0 saturated carbocycles. The molecule has 1 unspecified atom stereocenters. The Bertz CT molecular complexity index is 619. The van der Waals surface area contributed by atoms with Crippen LogP contribution in [0.5, 0.6) is 0 Å². The molecule has 1 N–H and O–H groups in total. The quantitative estimate of drug-likeness (QED) is 0.858. The van der Waals surface area contributed by atoms with Crippen molar-refractivity contribution >= 4 is 11.8 Å². The molecule has 1 aliphatic rings. The zero-order valence-electron chi connectivity index (χ0n) is 13.2. The van der Waals surface area contributed by atoms with E-state index in [0.717, 1.165) is 47.6 Å². The van der Waals surface area contributed by atoms with E-state index in [0.29, 0.717) is 5.92 Å². The molecule has 0 aromatic carbocycles. The van der Waals surface area contributed by atoms with E-state index in [9.17, 15) is 0 Å². The molecule has 1 saturated heterocycles. The van der Waals surface area contributed by atoms with Crippen molar-refractivity contribution in [2.24, 2.45) is 7.05 Å². The minimum Gasteiger partial charge on any atom is -0.316 e. The smallest absolute Gasteiger partial charge is 0.190 e.